The van der Waals surface area contributed by atoms with Crippen molar-refractivity contribution >= 4 is 12.0 Å². The van der Waals surface area contributed by atoms with Gasteiger partial charge in [-0.05, 0) is 13.8 Å². The molecule has 0 heterocycles. The Kier molecular flexibility index (Phi) is 4.96. The molecule has 0 unspecified atom stereocenters. The van der Waals surface area contributed by atoms with Gasteiger partial charge in [-0.25, -0.2) is 0 Å². The highest BCUT2D eigenvalue weighted by Gasteiger charge is 2.14. The van der Waals surface area contributed by atoms with Crippen LogP contribution in [0.1, 0.15) is 13.8 Å². The molecule has 0 fully saturated rings. The molecule has 0 saturated heterocycles. The standard InChI is InChI=1S/C4H10O5S/c1-4(2,6)7-8-9-10-3-5/h5-6H,3H2,1-2H3. The highest BCUT2D eigenvalue weighted by atomic mass is 32.2. The smallest absolute Gasteiger partial charge is 0.196 e. The zero-order chi connectivity index (χ0) is 8.04. The minimum Gasteiger partial charge on any atom is -0.383 e. The summed E-state index contributed by atoms with van der Waals surface area (Å²) in [5.74, 6) is -1.63. The quantitative estimate of drug-likeness (QED) is 0.202. The second-order valence-electron chi connectivity index (χ2n) is 1.91. The van der Waals surface area contributed by atoms with Gasteiger partial charge in [-0.15, -0.1) is 4.33 Å². The molecule has 0 aromatic carbocycles. The van der Waals surface area contributed by atoms with Crippen LogP contribution >= 0.6 is 12.0 Å². The van der Waals surface area contributed by atoms with Crippen molar-refractivity contribution in [2.24, 2.45) is 0 Å². The van der Waals surface area contributed by atoms with Crippen LogP contribution in [0, 0.1) is 0 Å². The molecule has 0 aliphatic rings. The Morgan fingerprint density at radius 1 is 1.50 bits per heavy atom. The predicted molar refractivity (Wildman–Crippen MR) is 34.2 cm³/mol. The predicted octanol–water partition coefficient (Wildman–Crippen LogP) is 0.193. The van der Waals surface area contributed by atoms with E-state index >= 15 is 0 Å². The molecular weight excluding hydrogens is 160 g/mol. The molecule has 0 bridgehead atoms. The molecule has 0 aromatic rings. The molecule has 10 heavy (non-hydrogen) atoms. The van der Waals surface area contributed by atoms with Crippen LogP contribution in [0.5, 0.6) is 0 Å². The molecule has 0 amide bonds. The van der Waals surface area contributed by atoms with E-state index in [0.717, 1.165) is 0 Å². The summed E-state index contributed by atoms with van der Waals surface area (Å²) in [5.41, 5.74) is 0. The van der Waals surface area contributed by atoms with Crippen molar-refractivity contribution in [2.75, 3.05) is 5.94 Å². The van der Waals surface area contributed by atoms with E-state index in [-0.39, 0.29) is 5.94 Å². The third-order valence-electron chi connectivity index (χ3n) is 0.367. The van der Waals surface area contributed by atoms with Crippen LogP contribution in [0.25, 0.3) is 0 Å². The molecule has 0 rings (SSSR count). The second-order valence-corrected chi connectivity index (χ2v) is 2.54. The maximum atomic E-state index is 8.82. The zero-order valence-electron chi connectivity index (χ0n) is 5.73. The number of hydrogen-bond donors (Lipinski definition) is 2. The fraction of sp³-hybridized carbons (Fsp3) is 1.00. The van der Waals surface area contributed by atoms with Crippen molar-refractivity contribution in [3.63, 3.8) is 0 Å². The minimum atomic E-state index is -1.39. The Hall–Kier alpha value is 0.150. The fourth-order valence-corrected chi connectivity index (χ4v) is 0.248. The molecule has 0 aliphatic heterocycles. The number of rotatable bonds is 5. The molecular formula is C4H10O5S. The molecule has 0 aliphatic carbocycles. The summed E-state index contributed by atoms with van der Waals surface area (Å²) in [6.07, 6.45) is 0. The van der Waals surface area contributed by atoms with Crippen LogP contribution < -0.4 is 0 Å². The summed E-state index contributed by atoms with van der Waals surface area (Å²) >= 11 is 0.646. The van der Waals surface area contributed by atoms with Gasteiger partial charge in [0.05, 0.1) is 12.0 Å². The monoisotopic (exact) mass is 170 g/mol. The largest absolute Gasteiger partial charge is 0.383 e. The van der Waals surface area contributed by atoms with E-state index in [2.05, 4.69) is 14.3 Å². The van der Waals surface area contributed by atoms with Crippen molar-refractivity contribution in [3.05, 3.63) is 0 Å². The Labute approximate surface area is 63.0 Å². The fourth-order valence-electron chi connectivity index (χ4n) is 0.138. The van der Waals surface area contributed by atoms with Gasteiger partial charge in [0.2, 0.25) is 0 Å². The van der Waals surface area contributed by atoms with Crippen molar-refractivity contribution in [1.82, 2.24) is 0 Å². The summed E-state index contributed by atoms with van der Waals surface area (Å²) in [4.78, 5) is 4.23. The lowest BCUT2D eigenvalue weighted by Gasteiger charge is -2.13. The van der Waals surface area contributed by atoms with Crippen molar-refractivity contribution in [3.8, 4) is 0 Å². The summed E-state index contributed by atoms with van der Waals surface area (Å²) < 4.78 is 4.14. The van der Waals surface area contributed by atoms with Crippen LogP contribution in [-0.4, -0.2) is 21.9 Å². The Morgan fingerprint density at radius 2 is 2.10 bits per heavy atom. The lowest BCUT2D eigenvalue weighted by Crippen LogP contribution is -2.22. The van der Waals surface area contributed by atoms with Crippen LogP contribution in [0.15, 0.2) is 0 Å². The molecule has 5 nitrogen and oxygen atoms in total. The third-order valence-corrected chi connectivity index (χ3v) is 0.624. The Morgan fingerprint density at radius 3 is 2.50 bits per heavy atom. The lowest BCUT2D eigenvalue weighted by molar-refractivity contribution is -0.524. The molecule has 6 heteroatoms. The minimum absolute atomic E-state index is 0.241. The van der Waals surface area contributed by atoms with Gasteiger partial charge in [-0.2, -0.15) is 4.89 Å². The molecule has 0 atom stereocenters. The van der Waals surface area contributed by atoms with Gasteiger partial charge in [-0.3, -0.25) is 0 Å². The average molecular weight is 170 g/mol. The van der Waals surface area contributed by atoms with Gasteiger partial charge in [-0.1, -0.05) is 5.04 Å². The highest BCUT2D eigenvalue weighted by molar-refractivity contribution is 7.94. The van der Waals surface area contributed by atoms with Gasteiger partial charge in [0.25, 0.3) is 0 Å². The van der Waals surface area contributed by atoms with E-state index in [1.165, 1.54) is 13.8 Å². The van der Waals surface area contributed by atoms with Crippen molar-refractivity contribution < 1.29 is 24.5 Å². The molecule has 62 valence electrons. The van der Waals surface area contributed by atoms with Crippen LogP contribution in [0.3, 0.4) is 0 Å². The zero-order valence-corrected chi connectivity index (χ0v) is 6.55. The van der Waals surface area contributed by atoms with Crippen LogP contribution in [-0.2, 0) is 14.3 Å². The number of hydrogen-bond acceptors (Lipinski definition) is 6. The van der Waals surface area contributed by atoms with Crippen molar-refractivity contribution in [2.45, 2.75) is 19.6 Å². The second kappa shape index (κ2) is 4.89. The highest BCUT2D eigenvalue weighted by Crippen LogP contribution is 2.07. The normalized spacial score (nSPS) is 12.0. The van der Waals surface area contributed by atoms with E-state index in [0.29, 0.717) is 12.0 Å². The van der Waals surface area contributed by atoms with Gasteiger partial charge in [0, 0.05) is 0 Å². The van der Waals surface area contributed by atoms with Gasteiger partial charge < -0.3 is 10.2 Å². The van der Waals surface area contributed by atoms with E-state index in [1.54, 1.807) is 0 Å². The van der Waals surface area contributed by atoms with E-state index in [1.807, 2.05) is 0 Å². The average Bonchev–Trinajstić information content (AvgIpc) is 1.78. The maximum absolute atomic E-state index is 8.82. The number of aliphatic hydroxyl groups is 2. The van der Waals surface area contributed by atoms with Gasteiger partial charge >= 0.3 is 0 Å². The van der Waals surface area contributed by atoms with Crippen LogP contribution in [0.4, 0.5) is 0 Å². The van der Waals surface area contributed by atoms with Crippen LogP contribution in [0.2, 0.25) is 0 Å². The SMILES string of the molecule is CC(C)(O)OOOSCO. The van der Waals surface area contributed by atoms with E-state index in [9.17, 15) is 0 Å². The Balaban J connectivity index is 3.04. The van der Waals surface area contributed by atoms with E-state index < -0.39 is 5.79 Å². The summed E-state index contributed by atoms with van der Waals surface area (Å²) in [6, 6.07) is 0. The van der Waals surface area contributed by atoms with Gasteiger partial charge in [0.1, 0.15) is 5.94 Å². The topological polar surface area (TPSA) is 68.2 Å². The molecule has 0 radical (unpaired) electrons. The molecule has 0 saturated carbocycles. The molecule has 2 N–H and O–H groups in total. The first-order valence-electron chi connectivity index (χ1n) is 2.53. The first-order chi connectivity index (χ1) is 4.56. The van der Waals surface area contributed by atoms with Gasteiger partial charge in [0.15, 0.2) is 5.79 Å². The Bertz CT molecular complexity index is 80.2. The van der Waals surface area contributed by atoms with E-state index in [4.69, 9.17) is 10.2 Å². The molecule has 0 aromatic heterocycles. The maximum Gasteiger partial charge on any atom is 0.196 e. The lowest BCUT2D eigenvalue weighted by atomic mass is 10.4. The third kappa shape index (κ3) is 8.15. The first kappa shape index (κ1) is 10.2. The summed E-state index contributed by atoms with van der Waals surface area (Å²) in [5, 5.41) is 20.9. The summed E-state index contributed by atoms with van der Waals surface area (Å²) in [7, 11) is 0. The first-order valence-corrected chi connectivity index (χ1v) is 3.44. The molecule has 0 spiro atoms. The number of aliphatic hydroxyl groups excluding tert-OH is 1. The van der Waals surface area contributed by atoms with Crippen molar-refractivity contribution in [1.29, 1.82) is 0 Å². The summed E-state index contributed by atoms with van der Waals surface area (Å²) in [6.45, 7) is 2.75.